The number of aryl methyl sites for hydroxylation is 1. The molecule has 0 amide bonds. The van der Waals surface area contributed by atoms with E-state index in [4.69, 9.17) is 0 Å². The van der Waals surface area contributed by atoms with Gasteiger partial charge in [-0.25, -0.2) is 9.97 Å². The van der Waals surface area contributed by atoms with Crippen molar-refractivity contribution in [1.29, 1.82) is 0 Å². The Hall–Kier alpha value is -2.17. The van der Waals surface area contributed by atoms with E-state index >= 15 is 0 Å². The molecule has 0 spiro atoms. The van der Waals surface area contributed by atoms with E-state index in [-0.39, 0.29) is 24.8 Å². The number of benzene rings is 1. The van der Waals surface area contributed by atoms with Crippen LogP contribution in [0, 0.1) is 0 Å². The van der Waals surface area contributed by atoms with Crippen molar-refractivity contribution in [2.75, 3.05) is 5.32 Å². The molecule has 3 aromatic rings. The SMILES string of the molecule is CCc1ccccc1Nc1nccc(-c2ccncc2)n1.Cl.Cl. The maximum atomic E-state index is 4.56. The first-order valence-electron chi connectivity index (χ1n) is 6.95. The van der Waals surface area contributed by atoms with E-state index in [2.05, 4.69) is 33.3 Å². The summed E-state index contributed by atoms with van der Waals surface area (Å²) in [4.78, 5) is 12.9. The van der Waals surface area contributed by atoms with Crippen LogP contribution in [0.4, 0.5) is 11.6 Å². The third-order valence-electron chi connectivity index (χ3n) is 3.28. The van der Waals surface area contributed by atoms with Gasteiger partial charge in [-0.05, 0) is 36.2 Å². The summed E-state index contributed by atoms with van der Waals surface area (Å²) in [5.74, 6) is 0.602. The van der Waals surface area contributed by atoms with Crippen LogP contribution in [-0.4, -0.2) is 15.0 Å². The molecule has 0 fully saturated rings. The molecule has 0 radical (unpaired) electrons. The number of pyridine rings is 1. The number of para-hydroxylation sites is 1. The Balaban J connectivity index is 0.00000132. The second kappa shape index (κ2) is 9.08. The highest BCUT2D eigenvalue weighted by Crippen LogP contribution is 2.21. The first-order chi connectivity index (χ1) is 10.4. The molecule has 1 N–H and O–H groups in total. The minimum Gasteiger partial charge on any atom is -0.324 e. The molecule has 0 saturated heterocycles. The maximum Gasteiger partial charge on any atom is 0.227 e. The first-order valence-corrected chi connectivity index (χ1v) is 6.95. The Morgan fingerprint density at radius 1 is 0.913 bits per heavy atom. The Kier molecular flexibility index (Phi) is 7.45. The van der Waals surface area contributed by atoms with Gasteiger partial charge in [-0.15, -0.1) is 24.8 Å². The van der Waals surface area contributed by atoms with Gasteiger partial charge in [-0.1, -0.05) is 25.1 Å². The number of hydrogen-bond acceptors (Lipinski definition) is 4. The minimum absolute atomic E-state index is 0. The molecular formula is C17H18Cl2N4. The molecule has 6 heteroatoms. The van der Waals surface area contributed by atoms with Gasteiger partial charge in [0.15, 0.2) is 0 Å². The summed E-state index contributed by atoms with van der Waals surface area (Å²) in [6.45, 7) is 2.13. The molecule has 120 valence electrons. The molecule has 4 nitrogen and oxygen atoms in total. The predicted octanol–water partition coefficient (Wildman–Crippen LogP) is 4.69. The molecule has 0 saturated carbocycles. The second-order valence-electron chi connectivity index (χ2n) is 4.64. The van der Waals surface area contributed by atoms with Crippen LogP contribution in [0.2, 0.25) is 0 Å². The summed E-state index contributed by atoms with van der Waals surface area (Å²) in [6, 6.07) is 14.0. The Morgan fingerprint density at radius 2 is 1.65 bits per heavy atom. The highest BCUT2D eigenvalue weighted by atomic mass is 35.5. The van der Waals surface area contributed by atoms with Crippen LogP contribution in [-0.2, 0) is 6.42 Å². The van der Waals surface area contributed by atoms with E-state index in [9.17, 15) is 0 Å². The van der Waals surface area contributed by atoms with Crippen LogP contribution in [0.5, 0.6) is 0 Å². The lowest BCUT2D eigenvalue weighted by atomic mass is 10.1. The zero-order valence-corrected chi connectivity index (χ0v) is 14.3. The van der Waals surface area contributed by atoms with Crippen molar-refractivity contribution in [2.24, 2.45) is 0 Å². The van der Waals surface area contributed by atoms with Gasteiger partial charge in [0.2, 0.25) is 5.95 Å². The van der Waals surface area contributed by atoms with E-state index in [0.29, 0.717) is 5.95 Å². The third kappa shape index (κ3) is 4.65. The lowest BCUT2D eigenvalue weighted by Crippen LogP contribution is -2.00. The van der Waals surface area contributed by atoms with Gasteiger partial charge < -0.3 is 5.32 Å². The van der Waals surface area contributed by atoms with Crippen LogP contribution in [0.25, 0.3) is 11.3 Å². The summed E-state index contributed by atoms with van der Waals surface area (Å²) >= 11 is 0. The lowest BCUT2D eigenvalue weighted by Gasteiger charge is -2.10. The van der Waals surface area contributed by atoms with Crippen LogP contribution in [0.3, 0.4) is 0 Å². The van der Waals surface area contributed by atoms with Crippen molar-refractivity contribution >= 4 is 36.4 Å². The number of rotatable bonds is 4. The van der Waals surface area contributed by atoms with Gasteiger partial charge in [0, 0.05) is 29.8 Å². The number of nitrogens with one attached hydrogen (secondary N) is 1. The maximum absolute atomic E-state index is 4.56. The highest BCUT2D eigenvalue weighted by Gasteiger charge is 2.04. The smallest absolute Gasteiger partial charge is 0.227 e. The van der Waals surface area contributed by atoms with Crippen molar-refractivity contribution in [2.45, 2.75) is 13.3 Å². The van der Waals surface area contributed by atoms with Crippen molar-refractivity contribution in [1.82, 2.24) is 15.0 Å². The molecule has 1 aromatic carbocycles. The van der Waals surface area contributed by atoms with E-state index in [1.807, 2.05) is 36.4 Å². The Morgan fingerprint density at radius 3 is 2.39 bits per heavy atom. The van der Waals surface area contributed by atoms with Crippen LogP contribution in [0.1, 0.15) is 12.5 Å². The molecular weight excluding hydrogens is 331 g/mol. The number of hydrogen-bond donors (Lipinski definition) is 1. The number of anilines is 2. The van der Waals surface area contributed by atoms with Gasteiger partial charge >= 0.3 is 0 Å². The Labute approximate surface area is 148 Å². The summed E-state index contributed by atoms with van der Waals surface area (Å²) < 4.78 is 0. The van der Waals surface area contributed by atoms with Gasteiger partial charge in [-0.3, -0.25) is 4.98 Å². The van der Waals surface area contributed by atoms with Gasteiger partial charge in [0.05, 0.1) is 5.69 Å². The zero-order valence-electron chi connectivity index (χ0n) is 12.6. The van der Waals surface area contributed by atoms with Crippen molar-refractivity contribution < 1.29 is 0 Å². The molecule has 3 rings (SSSR count). The third-order valence-corrected chi connectivity index (χ3v) is 3.28. The fourth-order valence-electron chi connectivity index (χ4n) is 2.17. The summed E-state index contributed by atoms with van der Waals surface area (Å²) in [6.07, 6.45) is 6.25. The molecule has 2 aromatic heterocycles. The summed E-state index contributed by atoms with van der Waals surface area (Å²) in [5.41, 5.74) is 4.20. The van der Waals surface area contributed by atoms with E-state index in [1.54, 1.807) is 18.6 Å². The lowest BCUT2D eigenvalue weighted by molar-refractivity contribution is 1.12. The minimum atomic E-state index is 0. The molecule has 0 aliphatic carbocycles. The molecule has 0 aliphatic heterocycles. The van der Waals surface area contributed by atoms with E-state index in [1.165, 1.54) is 5.56 Å². The standard InChI is InChI=1S/C17H16N4.2ClH/c1-2-13-5-3-4-6-15(13)20-17-19-12-9-16(21-17)14-7-10-18-11-8-14;;/h3-12H,2H2,1H3,(H,19,20,21);2*1H. The predicted molar refractivity (Wildman–Crippen MR) is 98.9 cm³/mol. The quantitative estimate of drug-likeness (QED) is 0.743. The molecule has 0 bridgehead atoms. The fourth-order valence-corrected chi connectivity index (χ4v) is 2.17. The topological polar surface area (TPSA) is 50.7 Å². The van der Waals surface area contributed by atoms with Crippen molar-refractivity contribution in [3.8, 4) is 11.3 Å². The molecule has 23 heavy (non-hydrogen) atoms. The summed E-state index contributed by atoms with van der Waals surface area (Å²) in [5, 5.41) is 3.30. The first kappa shape index (κ1) is 18.9. The monoisotopic (exact) mass is 348 g/mol. The molecule has 0 aliphatic rings. The Bertz CT molecular complexity index is 735. The van der Waals surface area contributed by atoms with Crippen LogP contribution >= 0.6 is 24.8 Å². The average Bonchev–Trinajstić information content (AvgIpc) is 2.56. The average molecular weight is 349 g/mol. The highest BCUT2D eigenvalue weighted by molar-refractivity contribution is 5.85. The van der Waals surface area contributed by atoms with E-state index in [0.717, 1.165) is 23.4 Å². The number of nitrogens with zero attached hydrogens (tertiary/aromatic N) is 3. The summed E-state index contributed by atoms with van der Waals surface area (Å²) in [7, 11) is 0. The molecule has 0 unspecified atom stereocenters. The zero-order chi connectivity index (χ0) is 14.5. The number of halogens is 2. The number of aromatic nitrogens is 3. The van der Waals surface area contributed by atoms with Gasteiger partial charge in [0.1, 0.15) is 0 Å². The van der Waals surface area contributed by atoms with Crippen molar-refractivity contribution in [3.63, 3.8) is 0 Å². The molecule has 0 atom stereocenters. The largest absolute Gasteiger partial charge is 0.324 e. The van der Waals surface area contributed by atoms with Crippen LogP contribution < -0.4 is 5.32 Å². The van der Waals surface area contributed by atoms with Crippen LogP contribution in [0.15, 0.2) is 61.1 Å². The van der Waals surface area contributed by atoms with Gasteiger partial charge in [0.25, 0.3) is 0 Å². The van der Waals surface area contributed by atoms with Crippen molar-refractivity contribution in [3.05, 3.63) is 66.6 Å². The molecule has 2 heterocycles. The van der Waals surface area contributed by atoms with Gasteiger partial charge in [-0.2, -0.15) is 0 Å². The second-order valence-corrected chi connectivity index (χ2v) is 4.64. The van der Waals surface area contributed by atoms with E-state index < -0.39 is 0 Å². The fraction of sp³-hybridized carbons (Fsp3) is 0.118. The normalized spacial score (nSPS) is 9.43.